The van der Waals surface area contributed by atoms with Crippen LogP contribution in [0, 0.1) is 25.2 Å². The van der Waals surface area contributed by atoms with Gasteiger partial charge in [0.1, 0.15) is 29.9 Å². The first-order chi connectivity index (χ1) is 14.1. The van der Waals surface area contributed by atoms with Crippen molar-refractivity contribution < 1.29 is 18.0 Å². The van der Waals surface area contributed by atoms with Crippen molar-refractivity contribution in [2.45, 2.75) is 27.0 Å². The molecular formula is C22H19N3O4. The number of oxazole rings is 1. The Balaban J connectivity index is 1.44. The van der Waals surface area contributed by atoms with Crippen LogP contribution in [0.3, 0.4) is 0 Å². The lowest BCUT2D eigenvalue weighted by Gasteiger charge is -2.06. The molecule has 0 radical (unpaired) electrons. The molecule has 0 saturated heterocycles. The van der Waals surface area contributed by atoms with E-state index in [-0.39, 0.29) is 24.1 Å². The zero-order chi connectivity index (χ0) is 20.2. The Labute approximate surface area is 167 Å². The van der Waals surface area contributed by atoms with Gasteiger partial charge in [-0.3, -0.25) is 0 Å². The van der Waals surface area contributed by atoms with E-state index in [1.54, 1.807) is 24.5 Å². The lowest BCUT2D eigenvalue weighted by molar-refractivity contribution is 0.271. The van der Waals surface area contributed by atoms with Crippen LogP contribution in [0.15, 0.2) is 62.0 Å². The topological polar surface area (TPSA) is 97.4 Å². The number of nitriles is 1. The van der Waals surface area contributed by atoms with Gasteiger partial charge in [0.2, 0.25) is 11.6 Å². The molecule has 0 fully saturated rings. The van der Waals surface area contributed by atoms with Crippen molar-refractivity contribution in [3.05, 3.63) is 77.1 Å². The van der Waals surface area contributed by atoms with E-state index in [9.17, 15) is 5.26 Å². The number of hydrogen-bond donors (Lipinski definition) is 1. The van der Waals surface area contributed by atoms with Gasteiger partial charge in [0.05, 0.1) is 12.8 Å². The third-order valence-electron chi connectivity index (χ3n) is 4.47. The minimum atomic E-state index is 0.149. The molecule has 3 heterocycles. The van der Waals surface area contributed by atoms with Crippen molar-refractivity contribution in [3.63, 3.8) is 0 Å². The second-order valence-corrected chi connectivity index (χ2v) is 6.54. The minimum Gasteiger partial charge on any atom is -0.486 e. The number of anilines is 1. The van der Waals surface area contributed by atoms with Crippen LogP contribution in [-0.2, 0) is 13.2 Å². The third-order valence-corrected chi connectivity index (χ3v) is 4.47. The number of aryl methyl sites for hydroxylation is 2. The third kappa shape index (κ3) is 4.17. The molecule has 7 nitrogen and oxygen atoms in total. The highest BCUT2D eigenvalue weighted by atomic mass is 16.5. The molecule has 3 aromatic heterocycles. The Morgan fingerprint density at radius 1 is 1.07 bits per heavy atom. The maximum absolute atomic E-state index is 9.31. The summed E-state index contributed by atoms with van der Waals surface area (Å²) in [7, 11) is 0. The summed E-state index contributed by atoms with van der Waals surface area (Å²) in [6.07, 6.45) is 1.58. The van der Waals surface area contributed by atoms with Crippen LogP contribution in [0.4, 0.5) is 5.88 Å². The summed E-state index contributed by atoms with van der Waals surface area (Å²) in [5, 5.41) is 12.3. The molecule has 1 N–H and O–H groups in total. The van der Waals surface area contributed by atoms with Crippen molar-refractivity contribution in [2.75, 3.05) is 5.32 Å². The molecule has 0 aliphatic heterocycles. The molecule has 0 saturated carbocycles. The molecule has 0 atom stereocenters. The summed E-state index contributed by atoms with van der Waals surface area (Å²) in [6, 6.07) is 15.1. The van der Waals surface area contributed by atoms with Gasteiger partial charge in [-0.1, -0.05) is 6.07 Å². The lowest BCUT2D eigenvalue weighted by Crippen LogP contribution is -1.98. The van der Waals surface area contributed by atoms with E-state index in [2.05, 4.69) is 17.2 Å². The number of aromatic nitrogens is 1. The second-order valence-electron chi connectivity index (χ2n) is 6.54. The van der Waals surface area contributed by atoms with Gasteiger partial charge in [-0.05, 0) is 61.4 Å². The monoisotopic (exact) mass is 389 g/mol. The van der Waals surface area contributed by atoms with Crippen LogP contribution in [-0.4, -0.2) is 4.98 Å². The number of hydrogen-bond acceptors (Lipinski definition) is 7. The first-order valence-corrected chi connectivity index (χ1v) is 9.08. The summed E-state index contributed by atoms with van der Waals surface area (Å²) < 4.78 is 22.5. The molecule has 4 rings (SSSR count). The maximum atomic E-state index is 9.31. The largest absolute Gasteiger partial charge is 0.486 e. The van der Waals surface area contributed by atoms with Crippen molar-refractivity contribution >= 4 is 5.88 Å². The Kier molecular flexibility index (Phi) is 5.08. The molecular weight excluding hydrogens is 370 g/mol. The molecule has 29 heavy (non-hydrogen) atoms. The Morgan fingerprint density at radius 3 is 2.72 bits per heavy atom. The number of nitrogens with one attached hydrogen (secondary N) is 1. The Hall–Kier alpha value is -3.92. The predicted molar refractivity (Wildman–Crippen MR) is 105 cm³/mol. The van der Waals surface area contributed by atoms with Gasteiger partial charge in [0.15, 0.2) is 5.76 Å². The predicted octanol–water partition coefficient (Wildman–Crippen LogP) is 5.21. The van der Waals surface area contributed by atoms with Crippen molar-refractivity contribution in [1.29, 1.82) is 5.26 Å². The summed E-state index contributed by atoms with van der Waals surface area (Å²) in [5.74, 6) is 3.03. The molecule has 0 aliphatic carbocycles. The zero-order valence-electron chi connectivity index (χ0n) is 16.1. The number of ether oxygens (including phenoxy) is 1. The first kappa shape index (κ1) is 18.4. The summed E-state index contributed by atoms with van der Waals surface area (Å²) in [6.45, 7) is 4.75. The fraction of sp³-hybridized carbons (Fsp3) is 0.182. The van der Waals surface area contributed by atoms with Crippen LogP contribution in [0.25, 0.3) is 11.7 Å². The van der Waals surface area contributed by atoms with Gasteiger partial charge >= 0.3 is 0 Å². The van der Waals surface area contributed by atoms with Gasteiger partial charge in [-0.25, -0.2) is 0 Å². The summed E-state index contributed by atoms with van der Waals surface area (Å²) in [4.78, 5) is 4.20. The molecule has 146 valence electrons. The molecule has 0 bridgehead atoms. The normalized spacial score (nSPS) is 10.7. The lowest BCUT2D eigenvalue weighted by atomic mass is 10.1. The van der Waals surface area contributed by atoms with Crippen molar-refractivity contribution in [3.8, 4) is 23.5 Å². The SMILES string of the molecule is Cc1ccc(OCc2ccc(-c3nc(C#N)c(NCc4ccco4)o3)o2)cc1C. The van der Waals surface area contributed by atoms with Crippen LogP contribution in [0.5, 0.6) is 5.75 Å². The maximum Gasteiger partial charge on any atom is 0.266 e. The van der Waals surface area contributed by atoms with E-state index in [4.69, 9.17) is 18.0 Å². The van der Waals surface area contributed by atoms with E-state index in [0.29, 0.717) is 18.1 Å². The minimum absolute atomic E-state index is 0.149. The molecule has 0 unspecified atom stereocenters. The van der Waals surface area contributed by atoms with Gasteiger partial charge in [0.25, 0.3) is 5.89 Å². The fourth-order valence-electron chi connectivity index (χ4n) is 2.73. The highest BCUT2D eigenvalue weighted by Crippen LogP contribution is 2.28. The van der Waals surface area contributed by atoms with E-state index in [0.717, 1.165) is 11.5 Å². The molecule has 7 heteroatoms. The highest BCUT2D eigenvalue weighted by molar-refractivity contribution is 5.54. The second kappa shape index (κ2) is 7.98. The van der Waals surface area contributed by atoms with Gasteiger partial charge < -0.3 is 23.3 Å². The number of rotatable bonds is 7. The van der Waals surface area contributed by atoms with E-state index in [1.165, 1.54) is 11.1 Å². The van der Waals surface area contributed by atoms with Crippen LogP contribution >= 0.6 is 0 Å². The molecule has 0 spiro atoms. The van der Waals surface area contributed by atoms with Crippen LogP contribution in [0.2, 0.25) is 0 Å². The standard InChI is InChI=1S/C22H19N3O4/c1-14-5-6-16(10-15(14)2)27-13-18-7-8-20(28-18)22-25-19(11-23)21(29-22)24-12-17-4-3-9-26-17/h3-10,24H,12-13H2,1-2H3. The average molecular weight is 389 g/mol. The van der Waals surface area contributed by atoms with Gasteiger partial charge in [-0.2, -0.15) is 10.2 Å². The first-order valence-electron chi connectivity index (χ1n) is 9.08. The van der Waals surface area contributed by atoms with Crippen LogP contribution in [0.1, 0.15) is 28.3 Å². The Morgan fingerprint density at radius 2 is 1.97 bits per heavy atom. The number of nitrogens with zero attached hydrogens (tertiary/aromatic N) is 2. The van der Waals surface area contributed by atoms with Crippen molar-refractivity contribution in [2.24, 2.45) is 0 Å². The van der Waals surface area contributed by atoms with E-state index >= 15 is 0 Å². The number of furan rings is 2. The molecule has 1 aromatic carbocycles. The average Bonchev–Trinajstić information content (AvgIpc) is 3.47. The highest BCUT2D eigenvalue weighted by Gasteiger charge is 2.17. The van der Waals surface area contributed by atoms with Gasteiger partial charge in [-0.15, -0.1) is 0 Å². The van der Waals surface area contributed by atoms with Crippen molar-refractivity contribution in [1.82, 2.24) is 4.98 Å². The molecule has 0 amide bonds. The van der Waals surface area contributed by atoms with E-state index < -0.39 is 0 Å². The smallest absolute Gasteiger partial charge is 0.266 e. The van der Waals surface area contributed by atoms with Crippen LogP contribution < -0.4 is 10.1 Å². The summed E-state index contributed by atoms with van der Waals surface area (Å²) in [5.41, 5.74) is 2.53. The zero-order valence-corrected chi connectivity index (χ0v) is 16.1. The quantitative estimate of drug-likeness (QED) is 0.463. The summed E-state index contributed by atoms with van der Waals surface area (Å²) >= 11 is 0. The molecule has 0 aliphatic rings. The number of benzene rings is 1. The van der Waals surface area contributed by atoms with E-state index in [1.807, 2.05) is 37.3 Å². The van der Waals surface area contributed by atoms with Gasteiger partial charge in [0, 0.05) is 0 Å². The molecule has 4 aromatic rings. The fourth-order valence-corrected chi connectivity index (χ4v) is 2.73. The Bertz CT molecular complexity index is 1150.